The van der Waals surface area contributed by atoms with E-state index in [1.165, 1.54) is 6.08 Å². The topological polar surface area (TPSA) is 0 Å². The SMILES string of the molecule is F/C(Cl)=C/CCCCl. The Labute approximate surface area is 58.3 Å². The summed E-state index contributed by atoms with van der Waals surface area (Å²) >= 11 is 10.2. The number of alkyl halides is 1. The van der Waals surface area contributed by atoms with E-state index in [-0.39, 0.29) is 0 Å². The summed E-state index contributed by atoms with van der Waals surface area (Å²) in [5.41, 5.74) is 0. The molecular weight excluding hydrogens is 150 g/mol. The lowest BCUT2D eigenvalue weighted by Crippen LogP contribution is -1.70. The average Bonchev–Trinajstić information content (AvgIpc) is 1.66. The molecule has 0 amide bonds. The lowest BCUT2D eigenvalue weighted by molar-refractivity contribution is 0.686. The summed E-state index contributed by atoms with van der Waals surface area (Å²) in [7, 11) is 0. The third kappa shape index (κ3) is 6.25. The van der Waals surface area contributed by atoms with Gasteiger partial charge < -0.3 is 0 Å². The summed E-state index contributed by atoms with van der Waals surface area (Å²) in [6.07, 6.45) is 2.71. The highest BCUT2D eigenvalue weighted by molar-refractivity contribution is 6.28. The van der Waals surface area contributed by atoms with E-state index in [1.807, 2.05) is 0 Å². The van der Waals surface area contributed by atoms with E-state index < -0.39 is 5.29 Å². The summed E-state index contributed by atoms with van der Waals surface area (Å²) in [5, 5.41) is -0.643. The van der Waals surface area contributed by atoms with Gasteiger partial charge in [-0.15, -0.1) is 11.6 Å². The summed E-state index contributed by atoms with van der Waals surface area (Å²) in [5.74, 6) is 0.556. The van der Waals surface area contributed by atoms with Gasteiger partial charge in [0.2, 0.25) is 0 Å². The molecule has 0 fully saturated rings. The van der Waals surface area contributed by atoms with Gasteiger partial charge in [-0.3, -0.25) is 0 Å². The maximum atomic E-state index is 11.6. The molecular formula is C5H7Cl2F. The molecule has 0 rings (SSSR count). The average molecular weight is 157 g/mol. The fourth-order valence-electron chi connectivity index (χ4n) is 0.288. The van der Waals surface area contributed by atoms with Crippen LogP contribution in [0.15, 0.2) is 11.4 Å². The van der Waals surface area contributed by atoms with Crippen LogP contribution < -0.4 is 0 Å². The Bertz CT molecular complexity index is 76.5. The van der Waals surface area contributed by atoms with Gasteiger partial charge in [0.15, 0.2) is 5.29 Å². The molecule has 0 N–H and O–H groups in total. The van der Waals surface area contributed by atoms with Crippen LogP contribution in [-0.2, 0) is 0 Å². The Morgan fingerprint density at radius 2 is 2.25 bits per heavy atom. The quantitative estimate of drug-likeness (QED) is 0.436. The third-order valence-electron chi connectivity index (χ3n) is 0.636. The largest absolute Gasteiger partial charge is 0.194 e. The molecule has 0 nitrogen and oxygen atoms in total. The molecule has 8 heavy (non-hydrogen) atoms. The van der Waals surface area contributed by atoms with Crippen LogP contribution in [0.4, 0.5) is 4.39 Å². The van der Waals surface area contributed by atoms with Crippen LogP contribution in [0.3, 0.4) is 0 Å². The molecule has 0 aliphatic heterocycles. The van der Waals surface area contributed by atoms with Crippen LogP contribution >= 0.6 is 23.2 Å². The van der Waals surface area contributed by atoms with Crippen molar-refractivity contribution in [1.82, 2.24) is 0 Å². The zero-order valence-electron chi connectivity index (χ0n) is 4.33. The van der Waals surface area contributed by atoms with Crippen molar-refractivity contribution in [2.24, 2.45) is 0 Å². The fraction of sp³-hybridized carbons (Fsp3) is 0.600. The van der Waals surface area contributed by atoms with Crippen molar-refractivity contribution in [3.63, 3.8) is 0 Å². The normalized spacial score (nSPS) is 12.1. The minimum atomic E-state index is -0.643. The van der Waals surface area contributed by atoms with Gasteiger partial charge in [-0.05, 0) is 18.9 Å². The standard InChI is InChI=1S/C5H7Cl2F/c6-4-2-1-3-5(7)8/h3H,1-2,4H2/b5-3+. The molecule has 48 valence electrons. The zero-order valence-corrected chi connectivity index (χ0v) is 5.84. The summed E-state index contributed by atoms with van der Waals surface area (Å²) in [4.78, 5) is 0. The van der Waals surface area contributed by atoms with E-state index in [0.717, 1.165) is 6.42 Å². The Morgan fingerprint density at radius 1 is 1.62 bits per heavy atom. The lowest BCUT2D eigenvalue weighted by Gasteiger charge is -1.84. The molecule has 0 saturated heterocycles. The van der Waals surface area contributed by atoms with Gasteiger partial charge in [-0.2, -0.15) is 4.39 Å². The number of unbranched alkanes of at least 4 members (excludes halogenated alkanes) is 1. The van der Waals surface area contributed by atoms with Crippen LogP contribution in [0.5, 0.6) is 0 Å². The van der Waals surface area contributed by atoms with Crippen molar-refractivity contribution < 1.29 is 4.39 Å². The van der Waals surface area contributed by atoms with Gasteiger partial charge in [0.05, 0.1) is 0 Å². The van der Waals surface area contributed by atoms with E-state index in [0.29, 0.717) is 12.3 Å². The van der Waals surface area contributed by atoms with Crippen LogP contribution in [0.1, 0.15) is 12.8 Å². The highest BCUT2D eigenvalue weighted by atomic mass is 35.5. The number of allylic oxidation sites excluding steroid dienone is 1. The van der Waals surface area contributed by atoms with Gasteiger partial charge in [-0.25, -0.2) is 0 Å². The van der Waals surface area contributed by atoms with Crippen molar-refractivity contribution in [2.45, 2.75) is 12.8 Å². The number of hydrogen-bond donors (Lipinski definition) is 0. The van der Waals surface area contributed by atoms with Gasteiger partial charge in [0, 0.05) is 5.88 Å². The molecule has 0 atom stereocenters. The summed E-state index contributed by atoms with van der Waals surface area (Å²) in [6, 6.07) is 0. The van der Waals surface area contributed by atoms with Crippen molar-refractivity contribution in [3.8, 4) is 0 Å². The highest BCUT2D eigenvalue weighted by Gasteiger charge is 1.83. The van der Waals surface area contributed by atoms with E-state index in [1.54, 1.807) is 0 Å². The smallest absolute Gasteiger partial charge is 0.185 e. The minimum absolute atomic E-state index is 0.556. The minimum Gasteiger partial charge on any atom is -0.194 e. The zero-order chi connectivity index (χ0) is 6.41. The van der Waals surface area contributed by atoms with Crippen molar-refractivity contribution in [2.75, 3.05) is 5.88 Å². The molecule has 0 aromatic rings. The van der Waals surface area contributed by atoms with Crippen molar-refractivity contribution in [1.29, 1.82) is 0 Å². The first-order chi connectivity index (χ1) is 3.77. The number of hydrogen-bond acceptors (Lipinski definition) is 0. The van der Waals surface area contributed by atoms with E-state index in [9.17, 15) is 4.39 Å². The van der Waals surface area contributed by atoms with Gasteiger partial charge in [-0.1, -0.05) is 11.6 Å². The highest BCUT2D eigenvalue weighted by Crippen LogP contribution is 2.04. The predicted octanol–water partition coefficient (Wildman–Crippen LogP) is 3.06. The van der Waals surface area contributed by atoms with Crippen molar-refractivity contribution in [3.05, 3.63) is 11.4 Å². The van der Waals surface area contributed by atoms with Crippen LogP contribution in [0.25, 0.3) is 0 Å². The summed E-state index contributed by atoms with van der Waals surface area (Å²) < 4.78 is 11.6. The second-order valence-electron chi connectivity index (χ2n) is 1.32. The maximum absolute atomic E-state index is 11.6. The van der Waals surface area contributed by atoms with E-state index >= 15 is 0 Å². The Kier molecular flexibility index (Phi) is 5.56. The number of halogens is 3. The molecule has 0 aromatic carbocycles. The van der Waals surface area contributed by atoms with Crippen molar-refractivity contribution >= 4 is 23.2 Å². The Balaban J connectivity index is 3.03. The first-order valence-corrected chi connectivity index (χ1v) is 3.25. The molecule has 0 heterocycles. The lowest BCUT2D eigenvalue weighted by atomic mass is 10.3. The van der Waals surface area contributed by atoms with Crippen LogP contribution in [0.2, 0.25) is 0 Å². The van der Waals surface area contributed by atoms with Crippen LogP contribution in [0, 0.1) is 0 Å². The predicted molar refractivity (Wildman–Crippen MR) is 35.0 cm³/mol. The third-order valence-corrected chi connectivity index (χ3v) is 1.06. The Morgan fingerprint density at radius 3 is 2.62 bits per heavy atom. The molecule has 0 aliphatic rings. The maximum Gasteiger partial charge on any atom is 0.185 e. The van der Waals surface area contributed by atoms with Gasteiger partial charge in [0.25, 0.3) is 0 Å². The van der Waals surface area contributed by atoms with Gasteiger partial charge in [0.1, 0.15) is 0 Å². The number of rotatable bonds is 3. The summed E-state index contributed by atoms with van der Waals surface area (Å²) in [6.45, 7) is 0. The molecule has 3 heteroatoms. The van der Waals surface area contributed by atoms with E-state index in [4.69, 9.17) is 23.2 Å². The monoisotopic (exact) mass is 156 g/mol. The molecule has 0 radical (unpaired) electrons. The molecule has 0 bridgehead atoms. The molecule has 0 aromatic heterocycles. The second-order valence-corrected chi connectivity index (χ2v) is 2.06. The molecule has 0 spiro atoms. The second kappa shape index (κ2) is 5.39. The van der Waals surface area contributed by atoms with E-state index in [2.05, 4.69) is 0 Å². The Hall–Kier alpha value is 0.250. The first kappa shape index (κ1) is 8.25. The molecule has 0 saturated carbocycles. The van der Waals surface area contributed by atoms with Crippen LogP contribution in [-0.4, -0.2) is 5.88 Å². The molecule has 0 unspecified atom stereocenters. The first-order valence-electron chi connectivity index (χ1n) is 2.34. The van der Waals surface area contributed by atoms with Gasteiger partial charge >= 0.3 is 0 Å². The fourth-order valence-corrected chi connectivity index (χ4v) is 0.552. The molecule has 0 aliphatic carbocycles.